The van der Waals surface area contributed by atoms with Gasteiger partial charge in [-0.05, 0) is 38.7 Å². The quantitative estimate of drug-likeness (QED) is 0.848. The Labute approximate surface area is 141 Å². The summed E-state index contributed by atoms with van der Waals surface area (Å²) >= 11 is 0. The van der Waals surface area contributed by atoms with E-state index in [4.69, 9.17) is 4.52 Å². The summed E-state index contributed by atoms with van der Waals surface area (Å²) in [6.07, 6.45) is 0.670. The SMILES string of the molecule is Cc1cccc([C@H]2C[C@@H]2C(=O)N(C)S(=O)(=O)c2c(C)noc2C)c1. The monoisotopic (exact) mass is 348 g/mol. The van der Waals surface area contributed by atoms with Gasteiger partial charge in [-0.15, -0.1) is 0 Å². The van der Waals surface area contributed by atoms with Crippen LogP contribution in [-0.2, 0) is 14.8 Å². The van der Waals surface area contributed by atoms with Crippen molar-refractivity contribution in [2.24, 2.45) is 5.92 Å². The third-order valence-electron chi connectivity index (χ3n) is 4.47. The van der Waals surface area contributed by atoms with Gasteiger partial charge in [0.1, 0.15) is 5.69 Å². The van der Waals surface area contributed by atoms with E-state index >= 15 is 0 Å². The number of aryl methyl sites for hydroxylation is 3. The minimum atomic E-state index is -3.95. The summed E-state index contributed by atoms with van der Waals surface area (Å²) in [6, 6.07) is 7.97. The Morgan fingerprint density at radius 1 is 1.29 bits per heavy atom. The second kappa shape index (κ2) is 5.73. The van der Waals surface area contributed by atoms with Crippen molar-refractivity contribution in [2.75, 3.05) is 7.05 Å². The summed E-state index contributed by atoms with van der Waals surface area (Å²) in [6.45, 7) is 5.07. The van der Waals surface area contributed by atoms with Crippen LogP contribution in [0.4, 0.5) is 0 Å². The highest BCUT2D eigenvalue weighted by atomic mass is 32.2. The predicted octanol–water partition coefficient (Wildman–Crippen LogP) is 2.55. The molecule has 1 aliphatic carbocycles. The van der Waals surface area contributed by atoms with Crippen molar-refractivity contribution in [1.29, 1.82) is 0 Å². The van der Waals surface area contributed by atoms with Crippen molar-refractivity contribution in [1.82, 2.24) is 9.46 Å². The van der Waals surface area contributed by atoms with E-state index in [1.54, 1.807) is 6.92 Å². The largest absolute Gasteiger partial charge is 0.360 e. The van der Waals surface area contributed by atoms with Crippen molar-refractivity contribution in [3.8, 4) is 0 Å². The van der Waals surface area contributed by atoms with Crippen LogP contribution in [0.3, 0.4) is 0 Å². The molecule has 1 aliphatic rings. The maximum Gasteiger partial charge on any atom is 0.271 e. The number of carbonyl (C=O) groups is 1. The van der Waals surface area contributed by atoms with Crippen molar-refractivity contribution >= 4 is 15.9 Å². The first-order chi connectivity index (χ1) is 11.2. The van der Waals surface area contributed by atoms with Crippen molar-refractivity contribution in [2.45, 2.75) is 38.0 Å². The van der Waals surface area contributed by atoms with Crippen LogP contribution in [0.15, 0.2) is 33.7 Å². The minimum absolute atomic E-state index is 0.0221. The maximum absolute atomic E-state index is 12.7. The molecule has 2 atom stereocenters. The van der Waals surface area contributed by atoms with Gasteiger partial charge in [0.15, 0.2) is 10.7 Å². The first kappa shape index (κ1) is 16.7. The summed E-state index contributed by atoms with van der Waals surface area (Å²) < 4.78 is 31.2. The van der Waals surface area contributed by atoms with Crippen LogP contribution in [0, 0.1) is 26.7 Å². The lowest BCUT2D eigenvalue weighted by Gasteiger charge is -2.17. The molecule has 3 rings (SSSR count). The Balaban J connectivity index is 1.81. The lowest BCUT2D eigenvalue weighted by atomic mass is 10.1. The molecule has 1 saturated carbocycles. The number of sulfonamides is 1. The number of amides is 1. The third kappa shape index (κ3) is 2.73. The Kier molecular flexibility index (Phi) is 3.99. The molecule has 6 nitrogen and oxygen atoms in total. The van der Waals surface area contributed by atoms with Gasteiger partial charge in [0, 0.05) is 13.0 Å². The molecule has 7 heteroatoms. The topological polar surface area (TPSA) is 80.5 Å². The Bertz CT molecular complexity index is 882. The van der Waals surface area contributed by atoms with Gasteiger partial charge in [-0.1, -0.05) is 35.0 Å². The molecule has 2 aromatic rings. The number of carbonyl (C=O) groups excluding carboxylic acids is 1. The van der Waals surface area contributed by atoms with Crippen molar-refractivity contribution in [3.63, 3.8) is 0 Å². The molecule has 0 N–H and O–H groups in total. The van der Waals surface area contributed by atoms with E-state index < -0.39 is 10.0 Å². The molecule has 0 saturated heterocycles. The van der Waals surface area contributed by atoms with Gasteiger partial charge in [0.25, 0.3) is 10.0 Å². The number of hydrogen-bond acceptors (Lipinski definition) is 5. The molecule has 0 unspecified atom stereocenters. The van der Waals surface area contributed by atoms with Gasteiger partial charge < -0.3 is 4.52 Å². The van der Waals surface area contributed by atoms with E-state index in [0.717, 1.165) is 15.4 Å². The zero-order valence-corrected chi connectivity index (χ0v) is 14.9. The number of nitrogens with zero attached hydrogens (tertiary/aromatic N) is 2. The van der Waals surface area contributed by atoms with Crippen LogP contribution >= 0.6 is 0 Å². The lowest BCUT2D eigenvalue weighted by Crippen LogP contribution is -2.35. The molecule has 1 aromatic carbocycles. The standard InChI is InChI=1S/C17H20N2O4S/c1-10-6-5-7-13(8-10)14-9-15(14)17(20)19(4)24(21,22)16-11(2)18-23-12(16)3/h5-8,14-15H,9H2,1-4H3/t14-,15+/m1/s1. The van der Waals surface area contributed by atoms with Crippen molar-refractivity contribution in [3.05, 3.63) is 46.8 Å². The molecule has 128 valence electrons. The summed E-state index contributed by atoms with van der Waals surface area (Å²) in [7, 11) is -2.65. The van der Waals surface area contributed by atoms with Crippen molar-refractivity contribution < 1.29 is 17.7 Å². The molecular weight excluding hydrogens is 328 g/mol. The fraction of sp³-hybridized carbons (Fsp3) is 0.412. The molecule has 0 aliphatic heterocycles. The summed E-state index contributed by atoms with van der Waals surface area (Å²) in [5.74, 6) is -0.411. The molecule has 1 heterocycles. The van der Waals surface area contributed by atoms with E-state index in [-0.39, 0.29) is 34.1 Å². The number of aromatic nitrogens is 1. The normalized spacial score (nSPS) is 20.0. The summed E-state index contributed by atoms with van der Waals surface area (Å²) in [5.41, 5.74) is 2.47. The van der Waals surface area contributed by atoms with Crippen LogP contribution in [-0.4, -0.2) is 30.8 Å². The molecule has 0 radical (unpaired) electrons. The van der Waals surface area contributed by atoms with Gasteiger partial charge in [0.2, 0.25) is 5.91 Å². The van der Waals surface area contributed by atoms with Crippen LogP contribution in [0.1, 0.15) is 34.9 Å². The fourth-order valence-corrected chi connectivity index (χ4v) is 4.53. The fourth-order valence-electron chi connectivity index (χ4n) is 3.07. The molecule has 0 spiro atoms. The van der Waals surface area contributed by atoms with E-state index in [0.29, 0.717) is 6.42 Å². The maximum atomic E-state index is 12.7. The lowest BCUT2D eigenvalue weighted by molar-refractivity contribution is -0.127. The highest BCUT2D eigenvalue weighted by molar-refractivity contribution is 7.89. The van der Waals surface area contributed by atoms with E-state index in [9.17, 15) is 13.2 Å². The minimum Gasteiger partial charge on any atom is -0.360 e. The second-order valence-electron chi connectivity index (χ2n) is 6.33. The molecular formula is C17H20N2O4S. The van der Waals surface area contributed by atoms with Crippen LogP contribution in [0.5, 0.6) is 0 Å². The van der Waals surface area contributed by atoms with Gasteiger partial charge in [-0.2, -0.15) is 0 Å². The first-order valence-corrected chi connectivity index (χ1v) is 9.19. The van der Waals surface area contributed by atoms with Gasteiger partial charge in [-0.25, -0.2) is 12.7 Å². The Morgan fingerprint density at radius 3 is 2.58 bits per heavy atom. The Hall–Kier alpha value is -2.15. The average Bonchev–Trinajstić information content (AvgIpc) is 3.25. The zero-order chi connectivity index (χ0) is 17.6. The summed E-state index contributed by atoms with van der Waals surface area (Å²) in [4.78, 5) is 12.6. The average molecular weight is 348 g/mol. The zero-order valence-electron chi connectivity index (χ0n) is 14.1. The smallest absolute Gasteiger partial charge is 0.271 e. The van der Waals surface area contributed by atoms with Crippen LogP contribution < -0.4 is 0 Å². The molecule has 1 amide bonds. The predicted molar refractivity (Wildman–Crippen MR) is 88.0 cm³/mol. The van der Waals surface area contributed by atoms with Crippen LogP contribution in [0.2, 0.25) is 0 Å². The van der Waals surface area contributed by atoms with E-state index in [1.165, 1.54) is 14.0 Å². The molecule has 24 heavy (non-hydrogen) atoms. The van der Waals surface area contributed by atoms with Gasteiger partial charge in [-0.3, -0.25) is 4.79 Å². The second-order valence-corrected chi connectivity index (χ2v) is 8.23. The van der Waals surface area contributed by atoms with E-state index in [1.807, 2.05) is 31.2 Å². The highest BCUT2D eigenvalue weighted by Gasteiger charge is 2.48. The molecule has 0 bridgehead atoms. The highest BCUT2D eigenvalue weighted by Crippen LogP contribution is 2.49. The number of benzene rings is 1. The van der Waals surface area contributed by atoms with Gasteiger partial charge in [0.05, 0.1) is 0 Å². The first-order valence-electron chi connectivity index (χ1n) is 7.75. The molecule has 1 aromatic heterocycles. The summed E-state index contributed by atoms with van der Waals surface area (Å²) in [5, 5.41) is 3.66. The van der Waals surface area contributed by atoms with Gasteiger partial charge >= 0.3 is 0 Å². The number of hydrogen-bond donors (Lipinski definition) is 0. The molecule has 1 fully saturated rings. The third-order valence-corrected chi connectivity index (χ3v) is 6.47. The number of rotatable bonds is 4. The Morgan fingerprint density at radius 2 is 2.00 bits per heavy atom. The van der Waals surface area contributed by atoms with E-state index in [2.05, 4.69) is 5.16 Å². The van der Waals surface area contributed by atoms with Crippen LogP contribution in [0.25, 0.3) is 0 Å².